The van der Waals surface area contributed by atoms with Gasteiger partial charge in [-0.25, -0.2) is 0 Å². The molecule has 2 aromatic heterocycles. The van der Waals surface area contributed by atoms with Crippen LogP contribution in [-0.4, -0.2) is 147 Å². The lowest BCUT2D eigenvalue weighted by Gasteiger charge is -2.42. The molecular weight excluding hydrogens is 939 g/mol. The molecule has 2 aliphatic rings. The second kappa shape index (κ2) is 25.6. The number of rotatable bonds is 28. The van der Waals surface area contributed by atoms with Crippen LogP contribution in [0.25, 0.3) is 11.6 Å². The minimum atomic E-state index is -1.37. The highest BCUT2D eigenvalue weighted by Crippen LogP contribution is 2.37. The van der Waals surface area contributed by atoms with Crippen LogP contribution in [-0.2, 0) is 38.2 Å². The highest BCUT2D eigenvalue weighted by atomic mass is 32.1. The molecule has 398 valence electrons. The van der Waals surface area contributed by atoms with E-state index >= 15 is 0 Å². The van der Waals surface area contributed by atoms with Crippen LogP contribution in [0.4, 0.5) is 22.9 Å². The fourth-order valence-electron chi connectivity index (χ4n) is 9.68. The summed E-state index contributed by atoms with van der Waals surface area (Å²) in [5, 5.41) is 9.41. The molecule has 0 bridgehead atoms. The van der Waals surface area contributed by atoms with Crippen LogP contribution in [0.15, 0.2) is 18.2 Å². The number of Topliss-reactive ketones (excluding diaryl/α,β-unsaturated/α-hetero) is 2. The number of aromatic amines is 1. The number of H-pyrrole nitrogens is 1. The fraction of sp³-hybridized carbons (Fsp3) is 0.642. The molecule has 0 radical (unpaired) electrons. The molecule has 0 aliphatic carbocycles. The molecule has 2 atom stereocenters. The van der Waals surface area contributed by atoms with Crippen LogP contribution >= 0.6 is 11.7 Å². The number of morpholine rings is 1. The van der Waals surface area contributed by atoms with Crippen molar-refractivity contribution in [2.24, 2.45) is 0 Å². The highest BCUT2D eigenvalue weighted by molar-refractivity contribution is 6.99. The first kappa shape index (κ1) is 57.7. The lowest BCUT2D eigenvalue weighted by Crippen LogP contribution is -2.56. The van der Waals surface area contributed by atoms with E-state index in [1.807, 2.05) is 68.4 Å². The van der Waals surface area contributed by atoms with E-state index in [0.29, 0.717) is 60.5 Å². The predicted molar refractivity (Wildman–Crippen MR) is 285 cm³/mol. The number of likely N-dealkylation sites (N-methyl/N-ethyl adjacent to an activating group) is 1. The van der Waals surface area contributed by atoms with E-state index in [2.05, 4.69) is 53.3 Å². The van der Waals surface area contributed by atoms with Gasteiger partial charge in [-0.05, 0) is 110 Å². The van der Waals surface area contributed by atoms with Gasteiger partial charge in [-0.2, -0.15) is 4.37 Å². The minimum Gasteiger partial charge on any atom is -0.472 e. The van der Waals surface area contributed by atoms with Crippen LogP contribution in [0.1, 0.15) is 137 Å². The molecule has 0 unspecified atom stereocenters. The van der Waals surface area contributed by atoms with Crippen LogP contribution in [0, 0.1) is 13.8 Å². The van der Waals surface area contributed by atoms with Gasteiger partial charge in [-0.15, -0.1) is 4.37 Å². The Morgan fingerprint density at radius 2 is 1.61 bits per heavy atom. The summed E-state index contributed by atoms with van der Waals surface area (Å²) in [6.07, 6.45) is 0.837. The third-order valence-corrected chi connectivity index (χ3v) is 14.7. The lowest BCUT2D eigenvalue weighted by molar-refractivity contribution is -0.183. The first-order chi connectivity index (χ1) is 34.2. The Kier molecular flexibility index (Phi) is 20.5. The summed E-state index contributed by atoms with van der Waals surface area (Å²) < 4.78 is 34.2. The van der Waals surface area contributed by atoms with E-state index in [-0.39, 0.29) is 81.0 Å². The second-order valence-corrected chi connectivity index (χ2v) is 20.3. The van der Waals surface area contributed by atoms with Crippen LogP contribution in [0.3, 0.4) is 0 Å². The average Bonchev–Trinajstić information content (AvgIpc) is 4.04. The van der Waals surface area contributed by atoms with Gasteiger partial charge in [-0.1, -0.05) is 41.5 Å². The third-order valence-electron chi connectivity index (χ3n) is 14.2. The number of aromatic nitrogens is 3. The van der Waals surface area contributed by atoms with Crippen molar-refractivity contribution in [3.8, 4) is 5.88 Å². The number of amides is 3. The normalized spacial score (nSPS) is 15.6. The van der Waals surface area contributed by atoms with Gasteiger partial charge in [0.15, 0.2) is 11.6 Å². The number of carbonyl (C=O) groups is 5. The summed E-state index contributed by atoms with van der Waals surface area (Å²) in [5.74, 6) is -0.475. The molecule has 2 aliphatic heterocycles. The van der Waals surface area contributed by atoms with E-state index in [4.69, 9.17) is 18.9 Å². The summed E-state index contributed by atoms with van der Waals surface area (Å²) in [7, 11) is 0. The van der Waals surface area contributed by atoms with Crippen molar-refractivity contribution in [2.45, 2.75) is 157 Å². The maximum atomic E-state index is 14.8. The largest absolute Gasteiger partial charge is 0.472 e. The van der Waals surface area contributed by atoms with Gasteiger partial charge in [0.2, 0.25) is 17.6 Å². The molecule has 1 aromatic carbocycles. The van der Waals surface area contributed by atoms with Crippen molar-refractivity contribution < 1.29 is 42.9 Å². The summed E-state index contributed by atoms with van der Waals surface area (Å²) in [4.78, 5) is 78.4. The van der Waals surface area contributed by atoms with Gasteiger partial charge in [0.25, 0.3) is 11.8 Å². The average molecular weight is 1020 g/mol. The molecule has 3 aromatic rings. The Morgan fingerprint density at radius 3 is 2.22 bits per heavy atom. The zero-order chi connectivity index (χ0) is 53.0. The number of fused-ring (bicyclic) bond motifs is 1. The maximum absolute atomic E-state index is 14.8. The molecule has 4 heterocycles. The molecule has 18 nitrogen and oxygen atoms in total. The van der Waals surface area contributed by atoms with Gasteiger partial charge < -0.3 is 54.6 Å². The van der Waals surface area contributed by atoms with Crippen molar-refractivity contribution in [1.29, 1.82) is 0 Å². The molecule has 0 spiro atoms. The van der Waals surface area contributed by atoms with Crippen LogP contribution in [0.5, 0.6) is 5.88 Å². The SMILES string of the molecule is CCN(CC)CCNc1c(C)[nH]c(/C=C2\C(=O)Nc3ccc(NC(=O)CCC(=O)C(CC)(CC)O[C@@H](C)C(=O)C(CC)(CC)O[C@H](COc4nsnc4N4CCOCC4)CN(C(C)=O)C(C)(C)C)cc32)c1C. The van der Waals surface area contributed by atoms with Crippen molar-refractivity contribution in [3.63, 3.8) is 0 Å². The quantitative estimate of drug-likeness (QED) is 0.0508. The number of nitrogens with zero attached hydrogens (tertiary/aromatic N) is 5. The molecule has 19 heteroatoms. The fourth-order valence-corrected chi connectivity index (χ4v) is 10.2. The van der Waals surface area contributed by atoms with Crippen molar-refractivity contribution >= 4 is 75.5 Å². The van der Waals surface area contributed by atoms with E-state index in [0.717, 1.165) is 60.5 Å². The number of hydrogen-bond acceptors (Lipinski definition) is 15. The molecule has 3 amide bonds. The molecule has 72 heavy (non-hydrogen) atoms. The van der Waals surface area contributed by atoms with Crippen LogP contribution < -0.4 is 25.6 Å². The summed E-state index contributed by atoms with van der Waals surface area (Å²) in [6, 6.07) is 5.23. The van der Waals surface area contributed by atoms with Gasteiger partial charge in [0.05, 0.1) is 42.7 Å². The van der Waals surface area contributed by atoms with Crippen molar-refractivity contribution in [3.05, 3.63) is 40.7 Å². The smallest absolute Gasteiger partial charge is 0.270 e. The molecular formula is C53H81N9O9S. The van der Waals surface area contributed by atoms with Gasteiger partial charge >= 0.3 is 0 Å². The lowest BCUT2D eigenvalue weighted by atomic mass is 9.86. The summed E-state index contributed by atoms with van der Waals surface area (Å²) >= 11 is 1.04. The van der Waals surface area contributed by atoms with E-state index in [1.54, 1.807) is 30.0 Å². The van der Waals surface area contributed by atoms with Gasteiger partial charge in [-0.3, -0.25) is 24.0 Å². The number of ketones is 2. The maximum Gasteiger partial charge on any atom is 0.270 e. The molecule has 4 N–H and O–H groups in total. The number of carbonyl (C=O) groups excluding carboxylic acids is 5. The monoisotopic (exact) mass is 1020 g/mol. The predicted octanol–water partition coefficient (Wildman–Crippen LogP) is 8.06. The molecule has 1 saturated heterocycles. The van der Waals surface area contributed by atoms with E-state index in [9.17, 15) is 24.0 Å². The standard InChI is InChI=1S/C53H81N9O9S/c1-14-52(15-2,44(64)22-23-45(65)56-38-20-21-42-40(30-38)41(49(67)57-42)31-43-34(7)46(35(8)55-43)54-24-25-60(18-5)19-6)70-36(9)47(66)53(16-3,17-4)71-39(32-62(37(10)63)51(11,12)13)33-69-50-48(58-72-59-50)61-26-28-68-29-27-61/h20-21,30-31,36,39,54-55H,14-19,22-29,32-33H2,1-13H3,(H,56,65)(H,57,67)/b41-31-/t36-,39-/m0/s1. The van der Waals surface area contributed by atoms with Gasteiger partial charge in [0, 0.05) is 79.8 Å². The zero-order valence-corrected chi connectivity index (χ0v) is 45.9. The van der Waals surface area contributed by atoms with Gasteiger partial charge in [0.1, 0.15) is 30.0 Å². The molecule has 0 saturated carbocycles. The number of anilines is 4. The zero-order valence-electron chi connectivity index (χ0n) is 45.1. The highest BCUT2D eigenvalue weighted by Gasteiger charge is 2.46. The number of ether oxygens (including phenoxy) is 4. The van der Waals surface area contributed by atoms with E-state index in [1.165, 1.54) is 6.92 Å². The Labute approximate surface area is 431 Å². The van der Waals surface area contributed by atoms with Crippen molar-refractivity contribution in [2.75, 3.05) is 86.5 Å². The topological polar surface area (TPSA) is 210 Å². The number of benzene rings is 1. The Morgan fingerprint density at radius 1 is 0.944 bits per heavy atom. The first-order valence-electron chi connectivity index (χ1n) is 25.8. The van der Waals surface area contributed by atoms with Crippen LogP contribution in [0.2, 0.25) is 0 Å². The Balaban J connectivity index is 1.26. The second-order valence-electron chi connectivity index (χ2n) is 19.7. The summed E-state index contributed by atoms with van der Waals surface area (Å²) in [6.45, 7) is 30.9. The summed E-state index contributed by atoms with van der Waals surface area (Å²) in [5.41, 5.74) is 2.74. The minimum absolute atomic E-state index is 0.0248. The molecule has 5 rings (SSSR count). The third kappa shape index (κ3) is 13.9. The number of hydrogen-bond donors (Lipinski definition) is 4. The molecule has 1 fully saturated rings. The number of nitrogens with one attached hydrogen (secondary N) is 4. The van der Waals surface area contributed by atoms with E-state index < -0.39 is 28.9 Å². The number of aryl methyl sites for hydroxylation is 1. The van der Waals surface area contributed by atoms with Crippen molar-refractivity contribution in [1.82, 2.24) is 23.5 Å². The Bertz CT molecular complexity index is 2370. The first-order valence-corrected chi connectivity index (χ1v) is 26.5. The Hall–Kier alpha value is -5.21.